The molecule has 0 fully saturated rings. The van der Waals surface area contributed by atoms with E-state index in [9.17, 15) is 9.59 Å². The molecule has 0 radical (unpaired) electrons. The highest BCUT2D eigenvalue weighted by atomic mass is 16.2. The van der Waals surface area contributed by atoms with Gasteiger partial charge in [0, 0.05) is 43.2 Å². The van der Waals surface area contributed by atoms with Crippen LogP contribution in [0, 0.1) is 0 Å². The fraction of sp³-hybridized carbons (Fsp3) is 0.286. The van der Waals surface area contributed by atoms with Crippen molar-refractivity contribution < 1.29 is 9.59 Å². The summed E-state index contributed by atoms with van der Waals surface area (Å²) in [4.78, 5) is 25.1. The number of aromatic amines is 1. The van der Waals surface area contributed by atoms with Gasteiger partial charge in [-0.25, -0.2) is 0 Å². The molecule has 2 amide bonds. The van der Waals surface area contributed by atoms with Crippen LogP contribution in [0.5, 0.6) is 0 Å². The molecule has 0 aliphatic carbocycles. The van der Waals surface area contributed by atoms with Crippen molar-refractivity contribution in [2.75, 3.05) is 11.9 Å². The van der Waals surface area contributed by atoms with Crippen LogP contribution in [-0.4, -0.2) is 23.3 Å². The zero-order chi connectivity index (χ0) is 13.8. The Morgan fingerprint density at radius 1 is 1.21 bits per heavy atom. The summed E-state index contributed by atoms with van der Waals surface area (Å²) < 4.78 is 0. The van der Waals surface area contributed by atoms with Crippen LogP contribution in [0.4, 0.5) is 5.69 Å². The van der Waals surface area contributed by atoms with Crippen LogP contribution in [0.3, 0.4) is 0 Å². The molecule has 0 saturated heterocycles. The Bertz CT molecular complexity index is 616. The number of H-pyrrole nitrogens is 1. The predicted molar refractivity (Wildman–Crippen MR) is 75.0 cm³/mol. The maximum Gasteiger partial charge on any atom is 0.221 e. The number of anilines is 1. The molecule has 0 aliphatic heterocycles. The third kappa shape index (κ3) is 3.34. The van der Waals surface area contributed by atoms with Crippen molar-refractivity contribution in [2.24, 2.45) is 0 Å². The monoisotopic (exact) mass is 259 g/mol. The van der Waals surface area contributed by atoms with E-state index >= 15 is 0 Å². The second-order valence-corrected chi connectivity index (χ2v) is 4.49. The van der Waals surface area contributed by atoms with Crippen LogP contribution in [0.1, 0.15) is 19.4 Å². The highest BCUT2D eigenvalue weighted by Gasteiger charge is 2.05. The van der Waals surface area contributed by atoms with E-state index in [1.54, 1.807) is 0 Å². The molecule has 19 heavy (non-hydrogen) atoms. The molecule has 5 nitrogen and oxygen atoms in total. The van der Waals surface area contributed by atoms with E-state index in [0.717, 1.165) is 28.6 Å². The van der Waals surface area contributed by atoms with Crippen molar-refractivity contribution in [1.82, 2.24) is 10.3 Å². The van der Waals surface area contributed by atoms with Gasteiger partial charge in [0.1, 0.15) is 0 Å². The number of hydrogen-bond acceptors (Lipinski definition) is 2. The van der Waals surface area contributed by atoms with E-state index in [4.69, 9.17) is 0 Å². The van der Waals surface area contributed by atoms with Crippen molar-refractivity contribution in [3.8, 4) is 0 Å². The molecule has 0 saturated carbocycles. The lowest BCUT2D eigenvalue weighted by molar-refractivity contribution is -0.119. The summed E-state index contributed by atoms with van der Waals surface area (Å²) >= 11 is 0. The van der Waals surface area contributed by atoms with Gasteiger partial charge >= 0.3 is 0 Å². The molecule has 2 aromatic rings. The topological polar surface area (TPSA) is 74.0 Å². The van der Waals surface area contributed by atoms with E-state index in [2.05, 4.69) is 15.6 Å². The third-order valence-corrected chi connectivity index (χ3v) is 2.86. The van der Waals surface area contributed by atoms with E-state index in [1.807, 2.05) is 24.4 Å². The first-order valence-electron chi connectivity index (χ1n) is 6.18. The van der Waals surface area contributed by atoms with E-state index in [0.29, 0.717) is 6.54 Å². The largest absolute Gasteiger partial charge is 0.361 e. The minimum atomic E-state index is -0.0883. The Hall–Kier alpha value is -2.30. The number of carbonyl (C=O) groups excluding carboxylic acids is 2. The summed E-state index contributed by atoms with van der Waals surface area (Å²) in [6, 6.07) is 5.73. The minimum absolute atomic E-state index is 0.0289. The predicted octanol–water partition coefficient (Wildman–Crippen LogP) is 1.80. The zero-order valence-corrected chi connectivity index (χ0v) is 11.0. The van der Waals surface area contributed by atoms with Crippen LogP contribution in [-0.2, 0) is 16.0 Å². The van der Waals surface area contributed by atoms with E-state index < -0.39 is 0 Å². The zero-order valence-electron chi connectivity index (χ0n) is 11.0. The summed E-state index contributed by atoms with van der Waals surface area (Å²) in [6.45, 7) is 3.59. The van der Waals surface area contributed by atoms with E-state index in [1.165, 1.54) is 13.8 Å². The molecule has 0 aliphatic rings. The summed E-state index contributed by atoms with van der Waals surface area (Å²) in [7, 11) is 0. The molecular formula is C14H17N3O2. The number of aromatic nitrogens is 1. The van der Waals surface area contributed by atoms with Gasteiger partial charge in [0.05, 0.1) is 0 Å². The van der Waals surface area contributed by atoms with Crippen molar-refractivity contribution in [3.63, 3.8) is 0 Å². The van der Waals surface area contributed by atoms with Gasteiger partial charge < -0.3 is 15.6 Å². The molecule has 1 aromatic carbocycles. The summed E-state index contributed by atoms with van der Waals surface area (Å²) in [5, 5.41) is 6.60. The average Bonchev–Trinajstić information content (AvgIpc) is 2.71. The van der Waals surface area contributed by atoms with Gasteiger partial charge in [-0.3, -0.25) is 9.59 Å². The first-order chi connectivity index (χ1) is 9.06. The Morgan fingerprint density at radius 3 is 2.68 bits per heavy atom. The summed E-state index contributed by atoms with van der Waals surface area (Å²) in [5.74, 6) is -0.117. The molecule has 0 spiro atoms. The number of carbonyl (C=O) groups is 2. The van der Waals surface area contributed by atoms with E-state index in [-0.39, 0.29) is 11.8 Å². The van der Waals surface area contributed by atoms with Crippen LogP contribution >= 0.6 is 0 Å². The molecule has 1 aromatic heterocycles. The number of hydrogen-bond donors (Lipinski definition) is 3. The summed E-state index contributed by atoms with van der Waals surface area (Å²) in [5.41, 5.74) is 2.92. The average molecular weight is 259 g/mol. The van der Waals surface area contributed by atoms with Gasteiger partial charge in [-0.15, -0.1) is 0 Å². The molecule has 100 valence electrons. The molecule has 1 heterocycles. The minimum Gasteiger partial charge on any atom is -0.361 e. The lowest BCUT2D eigenvalue weighted by atomic mass is 10.1. The van der Waals surface area contributed by atoms with Crippen LogP contribution in [0.25, 0.3) is 10.9 Å². The van der Waals surface area contributed by atoms with Crippen molar-refractivity contribution in [1.29, 1.82) is 0 Å². The molecule has 2 rings (SSSR count). The maximum absolute atomic E-state index is 11.1. The Labute approximate surface area is 111 Å². The maximum atomic E-state index is 11.1. The standard InChI is InChI=1S/C14H17N3O2/c1-9(18)15-6-5-11-8-16-14-4-3-12(7-13(11)14)17-10(2)19/h3-4,7-8,16H,5-6H2,1-2H3,(H,15,18)(H,17,19). The van der Waals surface area contributed by atoms with Crippen LogP contribution < -0.4 is 10.6 Å². The van der Waals surface area contributed by atoms with Crippen LogP contribution in [0.15, 0.2) is 24.4 Å². The number of nitrogens with one attached hydrogen (secondary N) is 3. The molecule has 0 unspecified atom stereocenters. The highest BCUT2D eigenvalue weighted by molar-refractivity contribution is 5.93. The van der Waals surface area contributed by atoms with Crippen molar-refractivity contribution >= 4 is 28.4 Å². The molecule has 0 bridgehead atoms. The lowest BCUT2D eigenvalue weighted by Crippen LogP contribution is -2.22. The number of benzene rings is 1. The third-order valence-electron chi connectivity index (χ3n) is 2.86. The second kappa shape index (κ2) is 5.56. The lowest BCUT2D eigenvalue weighted by Gasteiger charge is -2.04. The highest BCUT2D eigenvalue weighted by Crippen LogP contribution is 2.22. The molecule has 0 atom stereocenters. The Morgan fingerprint density at radius 2 is 2.00 bits per heavy atom. The Balaban J connectivity index is 2.19. The first-order valence-corrected chi connectivity index (χ1v) is 6.18. The van der Waals surface area contributed by atoms with Gasteiger partial charge in [-0.1, -0.05) is 0 Å². The first kappa shape index (κ1) is 13.1. The number of rotatable bonds is 4. The second-order valence-electron chi connectivity index (χ2n) is 4.49. The normalized spacial score (nSPS) is 10.4. The van der Waals surface area contributed by atoms with Crippen molar-refractivity contribution in [3.05, 3.63) is 30.0 Å². The van der Waals surface area contributed by atoms with Gasteiger partial charge in [0.15, 0.2) is 0 Å². The quantitative estimate of drug-likeness (QED) is 0.783. The van der Waals surface area contributed by atoms with Gasteiger partial charge in [0.25, 0.3) is 0 Å². The van der Waals surface area contributed by atoms with Crippen LogP contribution in [0.2, 0.25) is 0 Å². The molecule has 5 heteroatoms. The van der Waals surface area contributed by atoms with Gasteiger partial charge in [-0.05, 0) is 30.2 Å². The smallest absolute Gasteiger partial charge is 0.221 e. The summed E-state index contributed by atoms with van der Waals surface area (Å²) in [6.07, 6.45) is 2.69. The SMILES string of the molecule is CC(=O)NCCc1c[nH]c2ccc(NC(C)=O)cc12. The van der Waals surface area contributed by atoms with Gasteiger partial charge in [-0.2, -0.15) is 0 Å². The van der Waals surface area contributed by atoms with Gasteiger partial charge in [0.2, 0.25) is 11.8 Å². The number of amides is 2. The Kier molecular flexibility index (Phi) is 3.85. The fourth-order valence-corrected chi connectivity index (χ4v) is 2.04. The fourth-order valence-electron chi connectivity index (χ4n) is 2.04. The molecular weight excluding hydrogens is 242 g/mol. The number of fused-ring (bicyclic) bond motifs is 1. The molecule has 3 N–H and O–H groups in total. The van der Waals surface area contributed by atoms with Crippen molar-refractivity contribution in [2.45, 2.75) is 20.3 Å².